The number of benzene rings is 2. The predicted octanol–water partition coefficient (Wildman–Crippen LogP) is 3.00. The van der Waals surface area contributed by atoms with Crippen LogP contribution in [0.3, 0.4) is 0 Å². The summed E-state index contributed by atoms with van der Waals surface area (Å²) in [4.78, 5) is 0. The molecule has 1 N–H and O–H groups in total. The van der Waals surface area contributed by atoms with Crippen LogP contribution in [-0.2, 0) is 6.42 Å². The fourth-order valence-electron chi connectivity index (χ4n) is 2.37. The molecule has 0 radical (unpaired) electrons. The summed E-state index contributed by atoms with van der Waals surface area (Å²) in [6.07, 6.45) is -0.930. The Morgan fingerprint density at radius 3 is 2.68 bits per heavy atom. The summed E-state index contributed by atoms with van der Waals surface area (Å²) in [5.41, 5.74) is 1.75. The quantitative estimate of drug-likeness (QED) is 0.901. The third kappa shape index (κ3) is 2.19. The standard InChI is InChI=1S/C15H12F2O2/c16-10-5-6-12(17)13(8-10)19-14-7-9-3-1-2-4-11(9)15(14)18/h1-6,8,14-15,18H,7H2. The van der Waals surface area contributed by atoms with E-state index in [1.165, 1.54) is 0 Å². The second-order valence-electron chi connectivity index (χ2n) is 4.58. The number of hydrogen-bond acceptors (Lipinski definition) is 2. The minimum absolute atomic E-state index is 0.170. The molecule has 1 aliphatic carbocycles. The lowest BCUT2D eigenvalue weighted by Gasteiger charge is -2.18. The summed E-state index contributed by atoms with van der Waals surface area (Å²) in [7, 11) is 0. The van der Waals surface area contributed by atoms with Gasteiger partial charge in [0.05, 0.1) is 0 Å². The normalized spacial score (nSPS) is 21.2. The Morgan fingerprint density at radius 1 is 1.11 bits per heavy atom. The molecular formula is C15H12F2O2. The highest BCUT2D eigenvalue weighted by Gasteiger charge is 2.32. The van der Waals surface area contributed by atoms with Crippen LogP contribution in [0.25, 0.3) is 0 Å². The van der Waals surface area contributed by atoms with Crippen molar-refractivity contribution in [3.05, 3.63) is 65.2 Å². The van der Waals surface area contributed by atoms with Crippen molar-refractivity contribution in [1.82, 2.24) is 0 Å². The van der Waals surface area contributed by atoms with E-state index in [0.29, 0.717) is 6.42 Å². The van der Waals surface area contributed by atoms with Gasteiger partial charge in [-0.15, -0.1) is 0 Å². The highest BCUT2D eigenvalue weighted by molar-refractivity contribution is 5.36. The van der Waals surface area contributed by atoms with Gasteiger partial charge in [0.1, 0.15) is 18.0 Å². The molecule has 0 amide bonds. The first kappa shape index (κ1) is 12.1. The summed E-state index contributed by atoms with van der Waals surface area (Å²) in [6, 6.07) is 10.4. The molecular weight excluding hydrogens is 250 g/mol. The Bertz CT molecular complexity index is 613. The van der Waals surface area contributed by atoms with Crippen molar-refractivity contribution in [2.75, 3.05) is 0 Å². The average Bonchev–Trinajstić information content (AvgIpc) is 2.72. The second kappa shape index (κ2) is 4.63. The summed E-state index contributed by atoms with van der Waals surface area (Å²) in [5.74, 6) is -1.37. The topological polar surface area (TPSA) is 29.5 Å². The molecule has 2 aromatic rings. The number of aliphatic hydroxyl groups is 1. The van der Waals surface area contributed by atoms with Gasteiger partial charge < -0.3 is 9.84 Å². The summed E-state index contributed by atoms with van der Waals surface area (Å²) in [6.45, 7) is 0. The van der Waals surface area contributed by atoms with Gasteiger partial charge in [0.2, 0.25) is 0 Å². The lowest BCUT2D eigenvalue weighted by molar-refractivity contribution is 0.0467. The number of halogens is 2. The fraction of sp³-hybridized carbons (Fsp3) is 0.200. The maximum Gasteiger partial charge on any atom is 0.165 e. The van der Waals surface area contributed by atoms with Crippen molar-refractivity contribution in [3.63, 3.8) is 0 Å². The van der Waals surface area contributed by atoms with Crippen LogP contribution < -0.4 is 4.74 Å². The van der Waals surface area contributed by atoms with E-state index in [0.717, 1.165) is 29.3 Å². The van der Waals surface area contributed by atoms with E-state index < -0.39 is 23.8 Å². The van der Waals surface area contributed by atoms with Gasteiger partial charge in [-0.3, -0.25) is 0 Å². The van der Waals surface area contributed by atoms with Crippen molar-refractivity contribution < 1.29 is 18.6 Å². The number of fused-ring (bicyclic) bond motifs is 1. The highest BCUT2D eigenvalue weighted by atomic mass is 19.1. The monoisotopic (exact) mass is 262 g/mol. The molecule has 4 heteroatoms. The van der Waals surface area contributed by atoms with Crippen LogP contribution in [0.15, 0.2) is 42.5 Å². The first-order valence-electron chi connectivity index (χ1n) is 6.03. The fourth-order valence-corrected chi connectivity index (χ4v) is 2.37. The molecule has 3 rings (SSSR count). The van der Waals surface area contributed by atoms with Gasteiger partial charge in [-0.05, 0) is 23.3 Å². The minimum atomic E-state index is -0.820. The van der Waals surface area contributed by atoms with E-state index in [9.17, 15) is 13.9 Å². The smallest absolute Gasteiger partial charge is 0.165 e. The maximum atomic E-state index is 13.5. The Kier molecular flexibility index (Phi) is 2.95. The van der Waals surface area contributed by atoms with Crippen LogP contribution in [0.2, 0.25) is 0 Å². The first-order valence-corrected chi connectivity index (χ1v) is 6.03. The van der Waals surface area contributed by atoms with Gasteiger partial charge in [0, 0.05) is 12.5 Å². The van der Waals surface area contributed by atoms with Crippen LogP contribution in [-0.4, -0.2) is 11.2 Å². The van der Waals surface area contributed by atoms with E-state index in [1.807, 2.05) is 24.3 Å². The largest absolute Gasteiger partial charge is 0.484 e. The Balaban J connectivity index is 1.85. The van der Waals surface area contributed by atoms with Crippen molar-refractivity contribution in [2.45, 2.75) is 18.6 Å². The van der Waals surface area contributed by atoms with E-state index in [2.05, 4.69) is 0 Å². The molecule has 0 fully saturated rings. The molecule has 2 unspecified atom stereocenters. The first-order chi connectivity index (χ1) is 9.15. The maximum absolute atomic E-state index is 13.5. The molecule has 2 atom stereocenters. The van der Waals surface area contributed by atoms with E-state index in [-0.39, 0.29) is 5.75 Å². The van der Waals surface area contributed by atoms with Gasteiger partial charge >= 0.3 is 0 Å². The highest BCUT2D eigenvalue weighted by Crippen LogP contribution is 2.34. The van der Waals surface area contributed by atoms with Crippen LogP contribution in [0.1, 0.15) is 17.2 Å². The molecule has 2 nitrogen and oxygen atoms in total. The van der Waals surface area contributed by atoms with Crippen molar-refractivity contribution in [3.8, 4) is 5.75 Å². The number of rotatable bonds is 2. The third-order valence-electron chi connectivity index (χ3n) is 3.32. The Hall–Kier alpha value is -1.94. The van der Waals surface area contributed by atoms with Gasteiger partial charge in [-0.2, -0.15) is 0 Å². The number of ether oxygens (including phenoxy) is 1. The molecule has 0 aliphatic heterocycles. The number of aliphatic hydroxyl groups excluding tert-OH is 1. The molecule has 0 heterocycles. The zero-order valence-electron chi connectivity index (χ0n) is 10.0. The molecule has 19 heavy (non-hydrogen) atoms. The molecule has 0 bridgehead atoms. The van der Waals surface area contributed by atoms with Gasteiger partial charge in [0.15, 0.2) is 11.6 Å². The van der Waals surface area contributed by atoms with Gasteiger partial charge in [-0.25, -0.2) is 8.78 Å². The lowest BCUT2D eigenvalue weighted by Crippen LogP contribution is -2.22. The molecule has 0 aromatic heterocycles. The Labute approximate surface area is 109 Å². The summed E-state index contributed by atoms with van der Waals surface area (Å²) in [5, 5.41) is 10.1. The molecule has 0 saturated carbocycles. The Morgan fingerprint density at radius 2 is 1.89 bits per heavy atom. The minimum Gasteiger partial charge on any atom is -0.484 e. The predicted molar refractivity (Wildman–Crippen MR) is 65.9 cm³/mol. The molecule has 98 valence electrons. The molecule has 0 spiro atoms. The van der Waals surface area contributed by atoms with Crippen molar-refractivity contribution in [2.24, 2.45) is 0 Å². The zero-order chi connectivity index (χ0) is 13.4. The van der Waals surface area contributed by atoms with E-state index in [4.69, 9.17) is 4.74 Å². The van der Waals surface area contributed by atoms with Crippen LogP contribution >= 0.6 is 0 Å². The van der Waals surface area contributed by atoms with Crippen LogP contribution in [0.5, 0.6) is 5.75 Å². The van der Waals surface area contributed by atoms with Crippen LogP contribution in [0.4, 0.5) is 8.78 Å². The summed E-state index contributed by atoms with van der Waals surface area (Å²) < 4.78 is 32.0. The van der Waals surface area contributed by atoms with Crippen LogP contribution in [0, 0.1) is 11.6 Å². The molecule has 1 aliphatic rings. The van der Waals surface area contributed by atoms with Gasteiger partial charge in [-0.1, -0.05) is 24.3 Å². The third-order valence-corrected chi connectivity index (χ3v) is 3.32. The zero-order valence-corrected chi connectivity index (χ0v) is 10.0. The molecule has 0 saturated heterocycles. The molecule has 2 aromatic carbocycles. The van der Waals surface area contributed by atoms with Crippen molar-refractivity contribution in [1.29, 1.82) is 0 Å². The van der Waals surface area contributed by atoms with E-state index >= 15 is 0 Å². The second-order valence-corrected chi connectivity index (χ2v) is 4.58. The van der Waals surface area contributed by atoms with Crippen molar-refractivity contribution >= 4 is 0 Å². The van der Waals surface area contributed by atoms with E-state index in [1.54, 1.807) is 0 Å². The summed E-state index contributed by atoms with van der Waals surface area (Å²) >= 11 is 0. The SMILES string of the molecule is OC1c2ccccc2CC1Oc1cc(F)ccc1F. The lowest BCUT2D eigenvalue weighted by atomic mass is 10.1. The average molecular weight is 262 g/mol. The number of hydrogen-bond donors (Lipinski definition) is 1. The van der Waals surface area contributed by atoms with Gasteiger partial charge in [0.25, 0.3) is 0 Å².